The van der Waals surface area contributed by atoms with Gasteiger partial charge in [-0.3, -0.25) is 4.79 Å². The molecule has 2 aromatic carbocycles. The van der Waals surface area contributed by atoms with Crippen LogP contribution in [0.1, 0.15) is 36.0 Å². The van der Waals surface area contributed by atoms with E-state index in [0.717, 1.165) is 49.9 Å². The fourth-order valence-corrected chi connectivity index (χ4v) is 4.75. The molecule has 0 atom stereocenters. The summed E-state index contributed by atoms with van der Waals surface area (Å²) in [7, 11) is -3.85. The first-order valence-corrected chi connectivity index (χ1v) is 10.7. The fourth-order valence-electron chi connectivity index (χ4n) is 3.05. The Kier molecular flexibility index (Phi) is 6.32. The molecule has 5 nitrogen and oxygen atoms in total. The predicted molar refractivity (Wildman–Crippen MR) is 103 cm³/mol. The average molecular weight is 429 g/mol. The summed E-state index contributed by atoms with van der Waals surface area (Å²) in [6.45, 7) is 0.772. The number of sulfonamides is 1. The topological polar surface area (TPSA) is 66.5 Å². The van der Waals surface area contributed by atoms with Crippen LogP contribution >= 0.6 is 11.6 Å². The number of benzene rings is 2. The molecule has 1 saturated heterocycles. The number of halogens is 3. The van der Waals surface area contributed by atoms with Gasteiger partial charge in [-0.25, -0.2) is 17.2 Å². The highest BCUT2D eigenvalue weighted by molar-refractivity contribution is 7.89. The lowest BCUT2D eigenvalue weighted by Crippen LogP contribution is -2.32. The lowest BCUT2D eigenvalue weighted by Gasteiger charge is -2.20. The Balaban J connectivity index is 1.89. The number of anilines is 1. The summed E-state index contributed by atoms with van der Waals surface area (Å²) in [5, 5.41) is 2.39. The SMILES string of the molecule is O=C(Nc1ccc(Cl)cc1F)c1cc(S(=O)(=O)N2CCCCCC2)ccc1F. The van der Waals surface area contributed by atoms with Crippen molar-refractivity contribution in [3.63, 3.8) is 0 Å². The summed E-state index contributed by atoms with van der Waals surface area (Å²) in [5.74, 6) is -2.64. The van der Waals surface area contributed by atoms with E-state index in [-0.39, 0.29) is 15.6 Å². The molecule has 150 valence electrons. The third kappa shape index (κ3) is 4.51. The molecule has 1 N–H and O–H groups in total. The van der Waals surface area contributed by atoms with E-state index in [2.05, 4.69) is 5.32 Å². The zero-order chi connectivity index (χ0) is 20.3. The minimum Gasteiger partial charge on any atom is -0.319 e. The van der Waals surface area contributed by atoms with Crippen LogP contribution in [0.25, 0.3) is 0 Å². The molecule has 0 spiro atoms. The van der Waals surface area contributed by atoms with Gasteiger partial charge in [0, 0.05) is 18.1 Å². The van der Waals surface area contributed by atoms with E-state index in [1.165, 1.54) is 16.4 Å². The highest BCUT2D eigenvalue weighted by atomic mass is 35.5. The molecule has 28 heavy (non-hydrogen) atoms. The van der Waals surface area contributed by atoms with Crippen LogP contribution in [0.15, 0.2) is 41.3 Å². The van der Waals surface area contributed by atoms with Crippen molar-refractivity contribution in [3.05, 3.63) is 58.6 Å². The predicted octanol–water partition coefficient (Wildman–Crippen LogP) is 4.44. The van der Waals surface area contributed by atoms with Crippen LogP contribution in [-0.2, 0) is 10.0 Å². The fraction of sp³-hybridized carbons (Fsp3) is 0.316. The van der Waals surface area contributed by atoms with E-state index >= 15 is 0 Å². The molecule has 9 heteroatoms. The summed E-state index contributed by atoms with van der Waals surface area (Å²) >= 11 is 5.67. The number of amides is 1. The van der Waals surface area contributed by atoms with E-state index < -0.39 is 33.1 Å². The smallest absolute Gasteiger partial charge is 0.258 e. The van der Waals surface area contributed by atoms with Gasteiger partial charge in [0.25, 0.3) is 5.91 Å². The minimum atomic E-state index is -3.85. The van der Waals surface area contributed by atoms with Crippen molar-refractivity contribution in [1.29, 1.82) is 0 Å². The molecule has 1 amide bonds. The summed E-state index contributed by atoms with van der Waals surface area (Å²) < 4.78 is 55.2. The minimum absolute atomic E-state index is 0.146. The second-order valence-electron chi connectivity index (χ2n) is 6.54. The van der Waals surface area contributed by atoms with Gasteiger partial charge < -0.3 is 5.32 Å². The number of hydrogen-bond donors (Lipinski definition) is 1. The zero-order valence-electron chi connectivity index (χ0n) is 14.9. The standard InChI is InChI=1S/C19H19ClF2N2O3S/c20-13-5-8-18(17(22)11-13)23-19(25)15-12-14(6-7-16(15)21)28(26,27)24-9-3-1-2-4-10-24/h5-8,11-12H,1-4,9-10H2,(H,23,25). The zero-order valence-corrected chi connectivity index (χ0v) is 16.5. The average Bonchev–Trinajstić information content (AvgIpc) is 2.94. The van der Waals surface area contributed by atoms with Crippen LogP contribution in [0.3, 0.4) is 0 Å². The molecular weight excluding hydrogens is 410 g/mol. The van der Waals surface area contributed by atoms with Gasteiger partial charge in [0.05, 0.1) is 16.1 Å². The van der Waals surface area contributed by atoms with Gasteiger partial charge in [0.15, 0.2) is 0 Å². The Morgan fingerprint density at radius 2 is 1.64 bits per heavy atom. The maximum Gasteiger partial charge on any atom is 0.258 e. The van der Waals surface area contributed by atoms with Crippen molar-refractivity contribution in [2.45, 2.75) is 30.6 Å². The number of hydrogen-bond acceptors (Lipinski definition) is 3. The van der Waals surface area contributed by atoms with E-state index in [1.807, 2.05) is 0 Å². The van der Waals surface area contributed by atoms with Gasteiger partial charge in [0.2, 0.25) is 10.0 Å². The largest absolute Gasteiger partial charge is 0.319 e. The van der Waals surface area contributed by atoms with Crippen LogP contribution in [0.5, 0.6) is 0 Å². The molecule has 0 aliphatic carbocycles. The number of rotatable bonds is 4. The van der Waals surface area contributed by atoms with Crippen LogP contribution in [0, 0.1) is 11.6 Å². The monoisotopic (exact) mass is 428 g/mol. The Bertz CT molecular complexity index is 991. The normalized spacial score (nSPS) is 15.8. The molecule has 0 unspecified atom stereocenters. The van der Waals surface area contributed by atoms with Crippen LogP contribution in [-0.4, -0.2) is 31.7 Å². The number of carbonyl (C=O) groups excluding carboxylic acids is 1. The van der Waals surface area contributed by atoms with E-state index in [1.54, 1.807) is 0 Å². The summed E-state index contributed by atoms with van der Waals surface area (Å²) in [5.41, 5.74) is -0.667. The summed E-state index contributed by atoms with van der Waals surface area (Å²) in [6, 6.07) is 6.67. The maximum atomic E-state index is 14.2. The Morgan fingerprint density at radius 1 is 0.964 bits per heavy atom. The van der Waals surface area contributed by atoms with Crippen molar-refractivity contribution >= 4 is 33.2 Å². The number of carbonyl (C=O) groups is 1. The summed E-state index contributed by atoms with van der Waals surface area (Å²) in [6.07, 6.45) is 3.42. The second kappa shape index (κ2) is 8.55. The maximum absolute atomic E-state index is 14.2. The third-order valence-corrected chi connectivity index (χ3v) is 6.69. The van der Waals surface area contributed by atoms with Gasteiger partial charge in [0.1, 0.15) is 11.6 Å². The molecule has 0 radical (unpaired) electrons. The van der Waals surface area contributed by atoms with E-state index in [0.29, 0.717) is 13.1 Å². The Hall–Kier alpha value is -2.03. The molecule has 1 fully saturated rings. The second-order valence-corrected chi connectivity index (χ2v) is 8.91. The van der Waals surface area contributed by atoms with Gasteiger partial charge >= 0.3 is 0 Å². The van der Waals surface area contributed by atoms with E-state index in [9.17, 15) is 22.0 Å². The van der Waals surface area contributed by atoms with E-state index in [4.69, 9.17) is 11.6 Å². The summed E-state index contributed by atoms with van der Waals surface area (Å²) in [4.78, 5) is 12.3. The molecule has 0 aromatic heterocycles. The molecule has 0 bridgehead atoms. The lowest BCUT2D eigenvalue weighted by molar-refractivity contribution is 0.102. The Morgan fingerprint density at radius 3 is 2.29 bits per heavy atom. The molecule has 2 aromatic rings. The van der Waals surface area contributed by atoms with Crippen LogP contribution in [0.4, 0.5) is 14.5 Å². The van der Waals surface area contributed by atoms with Crippen molar-refractivity contribution in [2.75, 3.05) is 18.4 Å². The van der Waals surface area contributed by atoms with Crippen molar-refractivity contribution in [1.82, 2.24) is 4.31 Å². The van der Waals surface area contributed by atoms with Crippen molar-refractivity contribution in [3.8, 4) is 0 Å². The molecular formula is C19H19ClF2N2O3S. The van der Waals surface area contributed by atoms with Crippen molar-refractivity contribution < 1.29 is 22.0 Å². The quantitative estimate of drug-likeness (QED) is 0.783. The van der Waals surface area contributed by atoms with Crippen LogP contribution in [0.2, 0.25) is 5.02 Å². The first-order chi connectivity index (χ1) is 13.3. The number of nitrogens with one attached hydrogen (secondary N) is 1. The molecule has 1 heterocycles. The highest BCUT2D eigenvalue weighted by Crippen LogP contribution is 2.24. The first kappa shape index (κ1) is 20.7. The first-order valence-electron chi connectivity index (χ1n) is 8.85. The van der Waals surface area contributed by atoms with Crippen LogP contribution < -0.4 is 5.32 Å². The van der Waals surface area contributed by atoms with Gasteiger partial charge in [-0.15, -0.1) is 0 Å². The molecule has 3 rings (SSSR count). The van der Waals surface area contributed by atoms with Gasteiger partial charge in [-0.05, 0) is 49.2 Å². The molecule has 0 saturated carbocycles. The Labute approximate surface area is 167 Å². The third-order valence-electron chi connectivity index (χ3n) is 4.56. The van der Waals surface area contributed by atoms with Crippen molar-refractivity contribution in [2.24, 2.45) is 0 Å². The van der Waals surface area contributed by atoms with Gasteiger partial charge in [-0.2, -0.15) is 4.31 Å². The van der Waals surface area contributed by atoms with Gasteiger partial charge in [-0.1, -0.05) is 24.4 Å². The lowest BCUT2D eigenvalue weighted by atomic mass is 10.2. The molecule has 1 aliphatic rings. The molecule has 1 aliphatic heterocycles. The highest BCUT2D eigenvalue weighted by Gasteiger charge is 2.27. The number of nitrogens with zero attached hydrogens (tertiary/aromatic N) is 1.